The number of amides is 1. The molecule has 146 valence electrons. The van der Waals surface area contributed by atoms with Crippen LogP contribution in [0.25, 0.3) is 11.1 Å². The van der Waals surface area contributed by atoms with Crippen molar-refractivity contribution in [1.82, 2.24) is 5.32 Å². The van der Waals surface area contributed by atoms with Crippen LogP contribution in [0, 0.1) is 0 Å². The van der Waals surface area contributed by atoms with E-state index in [1.165, 1.54) is 0 Å². The van der Waals surface area contributed by atoms with E-state index in [9.17, 15) is 14.7 Å². The van der Waals surface area contributed by atoms with E-state index in [1.807, 2.05) is 48.5 Å². The second kappa shape index (κ2) is 7.90. The molecule has 0 heterocycles. The molecule has 0 radical (unpaired) electrons. The summed E-state index contributed by atoms with van der Waals surface area (Å²) in [7, 11) is 0. The third kappa shape index (κ3) is 3.61. The maximum Gasteiger partial charge on any atom is 0.326 e. The van der Waals surface area contributed by atoms with Gasteiger partial charge in [0.2, 0.25) is 5.91 Å². The zero-order valence-corrected chi connectivity index (χ0v) is 16.7. The van der Waals surface area contributed by atoms with E-state index in [2.05, 4.69) is 5.32 Å². The average molecular weight is 426 g/mol. The van der Waals surface area contributed by atoms with Gasteiger partial charge >= 0.3 is 5.97 Å². The van der Waals surface area contributed by atoms with Crippen LogP contribution in [0.2, 0.25) is 10.0 Å². The molecule has 1 atom stereocenters. The molecule has 0 aromatic heterocycles. The molecule has 0 aliphatic heterocycles. The summed E-state index contributed by atoms with van der Waals surface area (Å²) < 4.78 is 0. The predicted molar refractivity (Wildman–Crippen MR) is 113 cm³/mol. The summed E-state index contributed by atoms with van der Waals surface area (Å²) >= 11 is 12.4. The van der Waals surface area contributed by atoms with Crippen LogP contribution in [0.1, 0.15) is 22.6 Å². The molecule has 4 rings (SSSR count). The molecule has 3 aromatic carbocycles. The van der Waals surface area contributed by atoms with Gasteiger partial charge in [0, 0.05) is 16.5 Å². The van der Waals surface area contributed by atoms with Crippen LogP contribution < -0.4 is 5.32 Å². The van der Waals surface area contributed by atoms with Crippen LogP contribution in [0.4, 0.5) is 0 Å². The second-order valence-electron chi connectivity index (χ2n) is 6.91. The normalized spacial score (nSPS) is 13.4. The smallest absolute Gasteiger partial charge is 0.326 e. The Morgan fingerprint density at radius 3 is 1.90 bits per heavy atom. The molecule has 0 fully saturated rings. The summed E-state index contributed by atoms with van der Waals surface area (Å²) in [5.41, 5.74) is 4.21. The Morgan fingerprint density at radius 2 is 1.38 bits per heavy atom. The Hall–Kier alpha value is -2.82. The highest BCUT2D eigenvalue weighted by Gasteiger charge is 2.35. The fourth-order valence-electron chi connectivity index (χ4n) is 3.82. The maximum atomic E-state index is 13.2. The Balaban J connectivity index is 1.65. The molecule has 6 heteroatoms. The van der Waals surface area contributed by atoms with Crippen LogP contribution in [-0.2, 0) is 16.0 Å². The maximum absolute atomic E-state index is 13.2. The lowest BCUT2D eigenvalue weighted by molar-refractivity contribution is -0.141. The minimum atomic E-state index is -1.15. The number of halogens is 2. The molecule has 0 unspecified atom stereocenters. The fourth-order valence-corrected chi connectivity index (χ4v) is 4.38. The number of hydrogen-bond donors (Lipinski definition) is 2. The number of carbonyl (C=O) groups is 2. The molecule has 0 spiro atoms. The minimum Gasteiger partial charge on any atom is -0.480 e. The first kappa shape index (κ1) is 19.5. The van der Waals surface area contributed by atoms with Crippen LogP contribution >= 0.6 is 23.2 Å². The molecule has 29 heavy (non-hydrogen) atoms. The highest BCUT2D eigenvalue weighted by Crippen LogP contribution is 2.44. The molecular formula is C23H17Cl2NO3. The van der Waals surface area contributed by atoms with E-state index in [-0.39, 0.29) is 12.3 Å². The standard InChI is InChI=1S/C23H17Cl2NO3/c24-18-10-5-11-19(25)17(18)12-20(23(28)29)26-22(27)21-15-8-3-1-6-13(15)14-7-2-4-9-16(14)21/h1-11,20-21H,12H2,(H,26,27)(H,28,29)/t20-/m0/s1. The van der Waals surface area contributed by atoms with Crippen LogP contribution in [0.15, 0.2) is 66.7 Å². The van der Waals surface area contributed by atoms with Gasteiger partial charge in [-0.2, -0.15) is 0 Å². The number of rotatable bonds is 5. The SMILES string of the molecule is O=C(N[C@@H](Cc1c(Cl)cccc1Cl)C(=O)O)C1c2ccccc2-c2ccccc21. The molecule has 0 bridgehead atoms. The van der Waals surface area contributed by atoms with Crippen LogP contribution in [-0.4, -0.2) is 23.0 Å². The first-order valence-electron chi connectivity index (χ1n) is 9.11. The van der Waals surface area contributed by atoms with Gasteiger partial charge in [0.1, 0.15) is 6.04 Å². The van der Waals surface area contributed by atoms with Crippen molar-refractivity contribution in [3.05, 3.63) is 93.5 Å². The van der Waals surface area contributed by atoms with Gasteiger partial charge in [0.15, 0.2) is 0 Å². The van der Waals surface area contributed by atoms with Gasteiger partial charge in [-0.1, -0.05) is 77.8 Å². The second-order valence-corrected chi connectivity index (χ2v) is 7.73. The van der Waals surface area contributed by atoms with Crippen molar-refractivity contribution in [2.24, 2.45) is 0 Å². The van der Waals surface area contributed by atoms with Crippen molar-refractivity contribution >= 4 is 35.1 Å². The zero-order valence-electron chi connectivity index (χ0n) is 15.2. The largest absolute Gasteiger partial charge is 0.480 e. The predicted octanol–water partition coefficient (Wildman–Crippen LogP) is 4.92. The fraction of sp³-hybridized carbons (Fsp3) is 0.130. The van der Waals surface area contributed by atoms with E-state index < -0.39 is 17.9 Å². The van der Waals surface area contributed by atoms with Crippen molar-refractivity contribution in [2.75, 3.05) is 0 Å². The number of carbonyl (C=O) groups excluding carboxylic acids is 1. The molecule has 3 aromatic rings. The number of carboxylic acid groups (broad SMARTS) is 1. The summed E-state index contributed by atoms with van der Waals surface area (Å²) in [6.07, 6.45) is -0.00437. The van der Waals surface area contributed by atoms with E-state index in [4.69, 9.17) is 23.2 Å². The lowest BCUT2D eigenvalue weighted by Gasteiger charge is -2.20. The zero-order chi connectivity index (χ0) is 20.5. The van der Waals surface area contributed by atoms with Gasteiger partial charge in [-0.3, -0.25) is 4.79 Å². The van der Waals surface area contributed by atoms with Crippen molar-refractivity contribution < 1.29 is 14.7 Å². The van der Waals surface area contributed by atoms with E-state index >= 15 is 0 Å². The van der Waals surface area contributed by atoms with E-state index in [0.717, 1.165) is 22.3 Å². The first-order valence-corrected chi connectivity index (χ1v) is 9.87. The van der Waals surface area contributed by atoms with Crippen molar-refractivity contribution in [3.63, 3.8) is 0 Å². The molecule has 1 aliphatic carbocycles. The summed E-state index contributed by atoms with van der Waals surface area (Å²) in [5.74, 6) is -2.07. The van der Waals surface area contributed by atoms with Crippen molar-refractivity contribution in [1.29, 1.82) is 0 Å². The van der Waals surface area contributed by atoms with E-state index in [0.29, 0.717) is 15.6 Å². The molecule has 0 saturated carbocycles. The third-order valence-corrected chi connectivity index (χ3v) is 5.89. The van der Waals surface area contributed by atoms with Gasteiger partial charge in [0.25, 0.3) is 0 Å². The highest BCUT2D eigenvalue weighted by molar-refractivity contribution is 6.36. The number of aliphatic carboxylic acids is 1. The number of hydrogen-bond acceptors (Lipinski definition) is 2. The molecular weight excluding hydrogens is 409 g/mol. The topological polar surface area (TPSA) is 66.4 Å². The molecule has 0 saturated heterocycles. The summed E-state index contributed by atoms with van der Waals surface area (Å²) in [6.45, 7) is 0. The lowest BCUT2D eigenvalue weighted by atomic mass is 9.95. The summed E-state index contributed by atoms with van der Waals surface area (Å²) in [5, 5.41) is 13.1. The molecule has 4 nitrogen and oxygen atoms in total. The van der Waals surface area contributed by atoms with Gasteiger partial charge in [-0.05, 0) is 39.9 Å². The summed E-state index contributed by atoms with van der Waals surface area (Å²) in [4.78, 5) is 25.1. The van der Waals surface area contributed by atoms with Gasteiger partial charge < -0.3 is 10.4 Å². The number of nitrogens with one attached hydrogen (secondary N) is 1. The Morgan fingerprint density at radius 1 is 0.862 bits per heavy atom. The Kier molecular flexibility index (Phi) is 5.31. The van der Waals surface area contributed by atoms with Gasteiger partial charge in [0.05, 0.1) is 5.92 Å². The Labute approximate surface area is 178 Å². The summed E-state index contributed by atoms with van der Waals surface area (Å²) in [6, 6.07) is 19.2. The van der Waals surface area contributed by atoms with Gasteiger partial charge in [-0.15, -0.1) is 0 Å². The van der Waals surface area contributed by atoms with Crippen LogP contribution in [0.5, 0.6) is 0 Å². The lowest BCUT2D eigenvalue weighted by Crippen LogP contribution is -2.44. The third-order valence-electron chi connectivity index (χ3n) is 5.18. The highest BCUT2D eigenvalue weighted by atomic mass is 35.5. The molecule has 1 amide bonds. The first-order chi connectivity index (χ1) is 14.0. The number of carboxylic acids is 1. The van der Waals surface area contributed by atoms with Crippen molar-refractivity contribution in [2.45, 2.75) is 18.4 Å². The van der Waals surface area contributed by atoms with Gasteiger partial charge in [-0.25, -0.2) is 4.79 Å². The Bertz CT molecular complexity index is 1050. The van der Waals surface area contributed by atoms with Crippen molar-refractivity contribution in [3.8, 4) is 11.1 Å². The molecule has 1 aliphatic rings. The van der Waals surface area contributed by atoms with E-state index in [1.54, 1.807) is 18.2 Å². The average Bonchev–Trinajstić information content (AvgIpc) is 3.04. The molecule has 2 N–H and O–H groups in total. The minimum absolute atomic E-state index is 0.00437. The number of fused-ring (bicyclic) bond motifs is 3. The quantitative estimate of drug-likeness (QED) is 0.609. The number of benzene rings is 3. The van der Waals surface area contributed by atoms with Crippen LogP contribution in [0.3, 0.4) is 0 Å². The monoisotopic (exact) mass is 425 g/mol.